The Morgan fingerprint density at radius 2 is 1.59 bits per heavy atom. The van der Waals surface area contributed by atoms with Crippen molar-refractivity contribution in [1.82, 2.24) is 14.8 Å². The van der Waals surface area contributed by atoms with Crippen LogP contribution in [-0.4, -0.2) is 67.3 Å². The molecule has 7 N–H and O–H groups in total. The van der Waals surface area contributed by atoms with Crippen LogP contribution in [0.3, 0.4) is 0 Å². The SMILES string of the molecule is CC1(C)C2CCC1(C)C(NC(=O)[C@@H](NS(=O)(=O)N[C@@H](CCCCN)C(=O)O)C1CCCCC1)C2.O=C(O)C(F)(F)F. The molecule has 11 nitrogen and oxygen atoms in total. The van der Waals surface area contributed by atoms with E-state index in [-0.39, 0.29) is 35.1 Å². The summed E-state index contributed by atoms with van der Waals surface area (Å²) < 4.78 is 62.5. The van der Waals surface area contributed by atoms with Crippen molar-refractivity contribution in [2.24, 2.45) is 28.4 Å². The van der Waals surface area contributed by atoms with E-state index in [2.05, 4.69) is 35.5 Å². The average molecular weight is 615 g/mol. The van der Waals surface area contributed by atoms with Gasteiger partial charge in [0.2, 0.25) is 5.91 Å². The van der Waals surface area contributed by atoms with Crippen molar-refractivity contribution in [2.45, 2.75) is 116 Å². The normalized spacial score (nSPS) is 27.4. The molecular weight excluding hydrogens is 569 g/mol. The maximum absolute atomic E-state index is 13.5. The van der Waals surface area contributed by atoms with Crippen LogP contribution in [0.25, 0.3) is 0 Å². The number of amides is 1. The molecule has 0 spiro atoms. The molecule has 0 saturated heterocycles. The van der Waals surface area contributed by atoms with E-state index in [1.807, 2.05) is 0 Å². The Morgan fingerprint density at radius 3 is 2.02 bits per heavy atom. The number of hydrogen-bond acceptors (Lipinski definition) is 6. The highest BCUT2D eigenvalue weighted by atomic mass is 32.2. The first-order chi connectivity index (χ1) is 18.9. The van der Waals surface area contributed by atoms with Crippen LogP contribution in [0.4, 0.5) is 13.2 Å². The second-order valence-corrected chi connectivity index (χ2v) is 13.7. The van der Waals surface area contributed by atoms with Crippen molar-refractivity contribution < 1.29 is 46.2 Å². The predicted octanol–water partition coefficient (Wildman–Crippen LogP) is 2.91. The number of nitrogens with two attached hydrogens (primary N) is 1. The quantitative estimate of drug-likeness (QED) is 0.181. The second kappa shape index (κ2) is 14.0. The average Bonchev–Trinajstić information content (AvgIpc) is 3.20. The summed E-state index contributed by atoms with van der Waals surface area (Å²) in [6, 6.07) is -2.16. The van der Waals surface area contributed by atoms with Gasteiger partial charge in [0.1, 0.15) is 12.1 Å². The van der Waals surface area contributed by atoms with Gasteiger partial charge in [-0.25, -0.2) is 4.79 Å². The third-order valence-corrected chi connectivity index (χ3v) is 10.7. The molecular formula is C26H45F3N4O7S. The van der Waals surface area contributed by atoms with Gasteiger partial charge in [-0.2, -0.15) is 31.0 Å². The number of nitrogens with one attached hydrogen (secondary N) is 3. The molecule has 3 fully saturated rings. The molecule has 0 heterocycles. The van der Waals surface area contributed by atoms with Gasteiger partial charge in [-0.3, -0.25) is 9.59 Å². The van der Waals surface area contributed by atoms with Gasteiger partial charge in [-0.05, 0) is 74.2 Å². The predicted molar refractivity (Wildman–Crippen MR) is 145 cm³/mol. The van der Waals surface area contributed by atoms with E-state index in [1.54, 1.807) is 0 Å². The van der Waals surface area contributed by atoms with E-state index in [0.717, 1.165) is 44.9 Å². The maximum Gasteiger partial charge on any atom is 0.490 e. The molecule has 3 aliphatic carbocycles. The van der Waals surface area contributed by atoms with Crippen molar-refractivity contribution in [3.63, 3.8) is 0 Å². The molecule has 0 radical (unpaired) electrons. The fourth-order valence-corrected chi connectivity index (χ4v) is 7.92. The molecule has 2 bridgehead atoms. The van der Waals surface area contributed by atoms with Crippen LogP contribution in [-0.2, 0) is 24.6 Å². The molecule has 3 saturated carbocycles. The number of carboxylic acids is 2. The summed E-state index contributed by atoms with van der Waals surface area (Å²) in [6.07, 6.45) is 3.85. The molecule has 238 valence electrons. The lowest BCUT2D eigenvalue weighted by molar-refractivity contribution is -0.192. The molecule has 0 aromatic rings. The van der Waals surface area contributed by atoms with Crippen molar-refractivity contribution >= 4 is 28.1 Å². The van der Waals surface area contributed by atoms with Crippen molar-refractivity contribution in [3.05, 3.63) is 0 Å². The third-order valence-electron chi connectivity index (χ3n) is 9.58. The fraction of sp³-hybridized carbons (Fsp3) is 0.885. The van der Waals surface area contributed by atoms with Crippen molar-refractivity contribution in [1.29, 1.82) is 0 Å². The number of carbonyl (C=O) groups is 3. The van der Waals surface area contributed by atoms with Crippen LogP contribution in [0.1, 0.15) is 91.4 Å². The monoisotopic (exact) mass is 614 g/mol. The molecule has 0 aliphatic heterocycles. The van der Waals surface area contributed by atoms with Gasteiger partial charge in [-0.15, -0.1) is 0 Å². The number of unbranched alkanes of at least 4 members (excludes halogenated alkanes) is 1. The highest BCUT2D eigenvalue weighted by Crippen LogP contribution is 2.65. The van der Waals surface area contributed by atoms with Crippen molar-refractivity contribution in [3.8, 4) is 0 Å². The number of alkyl halides is 3. The van der Waals surface area contributed by atoms with Crippen LogP contribution < -0.4 is 20.5 Å². The van der Waals surface area contributed by atoms with Crippen LogP contribution >= 0.6 is 0 Å². The molecule has 3 rings (SSSR count). The van der Waals surface area contributed by atoms with Gasteiger partial charge in [0.15, 0.2) is 0 Å². The summed E-state index contributed by atoms with van der Waals surface area (Å²) in [6.45, 7) is 7.21. The highest BCUT2D eigenvalue weighted by molar-refractivity contribution is 7.87. The van der Waals surface area contributed by atoms with Crippen LogP contribution in [0, 0.1) is 22.7 Å². The molecule has 0 aromatic heterocycles. The summed E-state index contributed by atoms with van der Waals surface area (Å²) in [5, 5.41) is 19.8. The number of fused-ring (bicyclic) bond motifs is 2. The molecule has 3 aliphatic rings. The first-order valence-corrected chi connectivity index (χ1v) is 15.7. The number of carbonyl (C=O) groups excluding carboxylic acids is 1. The molecule has 0 aromatic carbocycles. The maximum atomic E-state index is 13.5. The lowest BCUT2D eigenvalue weighted by atomic mass is 9.69. The smallest absolute Gasteiger partial charge is 0.480 e. The van der Waals surface area contributed by atoms with E-state index < -0.39 is 40.4 Å². The zero-order valence-electron chi connectivity index (χ0n) is 23.9. The van der Waals surface area contributed by atoms with Gasteiger partial charge >= 0.3 is 18.1 Å². The summed E-state index contributed by atoms with van der Waals surface area (Å²) in [5.41, 5.74) is 5.59. The zero-order valence-corrected chi connectivity index (χ0v) is 24.7. The largest absolute Gasteiger partial charge is 0.490 e. The van der Waals surface area contributed by atoms with Crippen LogP contribution in [0.15, 0.2) is 0 Å². The molecule has 5 atom stereocenters. The van der Waals surface area contributed by atoms with Gasteiger partial charge in [0, 0.05) is 6.04 Å². The van der Waals surface area contributed by atoms with Gasteiger partial charge in [0.05, 0.1) is 0 Å². The molecule has 41 heavy (non-hydrogen) atoms. The summed E-state index contributed by atoms with van der Waals surface area (Å²) in [5.74, 6) is -3.84. The minimum Gasteiger partial charge on any atom is -0.480 e. The fourth-order valence-electron chi connectivity index (χ4n) is 6.63. The third kappa shape index (κ3) is 9.01. The zero-order chi connectivity index (χ0) is 31.2. The Hall–Kier alpha value is -1.97. The second-order valence-electron chi connectivity index (χ2n) is 12.3. The van der Waals surface area contributed by atoms with Crippen molar-refractivity contribution in [2.75, 3.05) is 6.54 Å². The van der Waals surface area contributed by atoms with Crippen LogP contribution in [0.2, 0.25) is 0 Å². The van der Waals surface area contributed by atoms with E-state index >= 15 is 0 Å². The van der Waals surface area contributed by atoms with E-state index in [1.165, 1.54) is 6.42 Å². The van der Waals surface area contributed by atoms with Gasteiger partial charge < -0.3 is 21.3 Å². The first kappa shape index (κ1) is 35.2. The molecule has 15 heteroatoms. The Balaban J connectivity index is 0.000000745. The first-order valence-electron chi connectivity index (χ1n) is 14.2. The number of halogens is 3. The lowest BCUT2D eigenvalue weighted by Crippen LogP contribution is -2.59. The lowest BCUT2D eigenvalue weighted by Gasteiger charge is -2.40. The van der Waals surface area contributed by atoms with Gasteiger partial charge in [0.25, 0.3) is 10.2 Å². The van der Waals surface area contributed by atoms with Crippen LogP contribution in [0.5, 0.6) is 0 Å². The number of aliphatic carboxylic acids is 2. The Bertz CT molecular complexity index is 1030. The molecule has 1 amide bonds. The highest BCUT2D eigenvalue weighted by Gasteiger charge is 2.61. The minimum absolute atomic E-state index is 0.0142. The van der Waals surface area contributed by atoms with E-state index in [0.29, 0.717) is 25.3 Å². The number of rotatable bonds is 12. The molecule has 3 unspecified atom stereocenters. The van der Waals surface area contributed by atoms with E-state index in [9.17, 15) is 36.3 Å². The summed E-state index contributed by atoms with van der Waals surface area (Å²) in [4.78, 5) is 34.1. The van der Waals surface area contributed by atoms with E-state index in [4.69, 9.17) is 15.6 Å². The standard InChI is InChI=1S/C24H44N4O5S.C2HF3O2/c1-23(2)17-12-13-24(23,3)19(15-17)26-21(29)20(16-9-5-4-6-10-16)28-34(32,33)27-18(22(30)31)11-7-8-14-25;3-2(4,5)1(6)7/h16-20,27-28H,4-15,25H2,1-3H3,(H,26,29)(H,30,31);(H,6,7)/t17?,18-,19?,20-,24?;/m0./s1. The Morgan fingerprint density at radius 1 is 1.00 bits per heavy atom. The Kier molecular flexibility index (Phi) is 12.0. The number of carboxylic acid groups (broad SMARTS) is 2. The minimum atomic E-state index is -5.08. The summed E-state index contributed by atoms with van der Waals surface area (Å²) in [7, 11) is -4.21. The van der Waals surface area contributed by atoms with Gasteiger partial charge in [-0.1, -0.05) is 46.5 Å². The Labute approximate surface area is 239 Å². The number of hydrogen-bond donors (Lipinski definition) is 6. The topological polar surface area (TPSA) is 188 Å². The summed E-state index contributed by atoms with van der Waals surface area (Å²) >= 11 is 0.